The van der Waals surface area contributed by atoms with Gasteiger partial charge in [0.25, 0.3) is 5.91 Å². The van der Waals surface area contributed by atoms with Gasteiger partial charge < -0.3 is 14.5 Å². The van der Waals surface area contributed by atoms with Crippen LogP contribution in [0.3, 0.4) is 0 Å². The normalized spacial score (nSPS) is 24.0. The first-order valence-electron chi connectivity index (χ1n) is 8.26. The van der Waals surface area contributed by atoms with Crippen LogP contribution in [0, 0.1) is 0 Å². The van der Waals surface area contributed by atoms with E-state index in [-0.39, 0.29) is 18.5 Å². The Kier molecular flexibility index (Phi) is 5.17. The molecule has 2 atom stereocenters. The first-order chi connectivity index (χ1) is 12.3. The van der Waals surface area contributed by atoms with Gasteiger partial charge in [-0.25, -0.2) is 4.39 Å². The summed E-state index contributed by atoms with van der Waals surface area (Å²) in [6, 6.07) is 2.93. The predicted octanol–water partition coefficient (Wildman–Crippen LogP) is 2.12. The Morgan fingerprint density at radius 3 is 2.50 bits per heavy atom. The number of amides is 2. The molecule has 0 bridgehead atoms. The number of carbonyl (C=O) groups is 2. The SMILES string of the molecule is O=C([C@@H]1C[C@H](F)CN1C(=O)c1cccc(C(F)(F)F)c1)N1CCOCC1. The summed E-state index contributed by atoms with van der Waals surface area (Å²) >= 11 is 0. The van der Waals surface area contributed by atoms with Crippen LogP contribution in [0.2, 0.25) is 0 Å². The summed E-state index contributed by atoms with van der Waals surface area (Å²) in [6.07, 6.45) is -6.13. The maximum Gasteiger partial charge on any atom is 0.416 e. The second-order valence-corrected chi connectivity index (χ2v) is 6.32. The van der Waals surface area contributed by atoms with Crippen molar-refractivity contribution in [3.05, 3.63) is 35.4 Å². The monoisotopic (exact) mass is 374 g/mol. The molecule has 142 valence electrons. The fourth-order valence-electron chi connectivity index (χ4n) is 3.23. The van der Waals surface area contributed by atoms with Crippen LogP contribution in [0.5, 0.6) is 0 Å². The summed E-state index contributed by atoms with van der Waals surface area (Å²) in [5.74, 6) is -1.17. The van der Waals surface area contributed by atoms with Crippen LogP contribution in [0.4, 0.5) is 17.6 Å². The molecule has 2 fully saturated rings. The summed E-state index contributed by atoms with van der Waals surface area (Å²) in [7, 11) is 0. The van der Waals surface area contributed by atoms with Crippen LogP contribution in [0.15, 0.2) is 24.3 Å². The minimum atomic E-state index is -4.59. The second-order valence-electron chi connectivity index (χ2n) is 6.32. The van der Waals surface area contributed by atoms with E-state index in [1.54, 1.807) is 0 Å². The summed E-state index contributed by atoms with van der Waals surface area (Å²) in [6.45, 7) is 1.10. The maximum atomic E-state index is 13.9. The largest absolute Gasteiger partial charge is 0.416 e. The molecule has 3 rings (SSSR count). The molecule has 0 saturated carbocycles. The number of ether oxygens (including phenoxy) is 1. The van der Waals surface area contributed by atoms with E-state index in [9.17, 15) is 27.2 Å². The quantitative estimate of drug-likeness (QED) is 0.746. The molecule has 2 aliphatic rings. The molecule has 1 aromatic rings. The van der Waals surface area contributed by atoms with Gasteiger partial charge in [0.2, 0.25) is 5.91 Å². The molecule has 0 aliphatic carbocycles. The molecule has 0 aromatic heterocycles. The number of hydrogen-bond donors (Lipinski definition) is 0. The Balaban J connectivity index is 1.81. The van der Waals surface area contributed by atoms with Gasteiger partial charge in [0.05, 0.1) is 25.3 Å². The van der Waals surface area contributed by atoms with Gasteiger partial charge in [-0.3, -0.25) is 9.59 Å². The van der Waals surface area contributed by atoms with E-state index in [0.29, 0.717) is 26.3 Å². The average Bonchev–Trinajstić information content (AvgIpc) is 3.02. The van der Waals surface area contributed by atoms with Gasteiger partial charge in [-0.2, -0.15) is 13.2 Å². The van der Waals surface area contributed by atoms with Gasteiger partial charge in [0.15, 0.2) is 0 Å². The van der Waals surface area contributed by atoms with E-state index in [1.807, 2.05) is 0 Å². The van der Waals surface area contributed by atoms with Crippen molar-refractivity contribution >= 4 is 11.8 Å². The van der Waals surface area contributed by atoms with Crippen LogP contribution in [-0.4, -0.2) is 66.7 Å². The minimum Gasteiger partial charge on any atom is -0.378 e. The molecule has 2 aliphatic heterocycles. The highest BCUT2D eigenvalue weighted by Crippen LogP contribution is 2.31. The first kappa shape index (κ1) is 18.6. The van der Waals surface area contributed by atoms with E-state index < -0.39 is 35.8 Å². The third-order valence-corrected chi connectivity index (χ3v) is 4.56. The van der Waals surface area contributed by atoms with Crippen molar-refractivity contribution in [1.29, 1.82) is 0 Å². The maximum absolute atomic E-state index is 13.9. The van der Waals surface area contributed by atoms with Crippen LogP contribution >= 0.6 is 0 Å². The molecule has 2 saturated heterocycles. The number of morpholine rings is 1. The number of carbonyl (C=O) groups excluding carboxylic acids is 2. The number of hydrogen-bond acceptors (Lipinski definition) is 3. The lowest BCUT2D eigenvalue weighted by Crippen LogP contribution is -2.51. The van der Waals surface area contributed by atoms with Crippen molar-refractivity contribution in [3.8, 4) is 0 Å². The van der Waals surface area contributed by atoms with Crippen molar-refractivity contribution in [3.63, 3.8) is 0 Å². The molecule has 9 heteroatoms. The van der Waals surface area contributed by atoms with Crippen molar-refractivity contribution in [2.45, 2.75) is 24.8 Å². The molecule has 2 heterocycles. The van der Waals surface area contributed by atoms with Crippen LogP contribution < -0.4 is 0 Å². The summed E-state index contributed by atoms with van der Waals surface area (Å²) in [5, 5.41) is 0. The number of likely N-dealkylation sites (tertiary alicyclic amines) is 1. The lowest BCUT2D eigenvalue weighted by molar-refractivity contribution is -0.139. The zero-order valence-electron chi connectivity index (χ0n) is 13.8. The molecule has 0 spiro atoms. The Morgan fingerprint density at radius 2 is 1.85 bits per heavy atom. The van der Waals surface area contributed by atoms with Gasteiger partial charge in [-0.1, -0.05) is 6.07 Å². The second kappa shape index (κ2) is 7.22. The fourth-order valence-corrected chi connectivity index (χ4v) is 3.23. The Labute approximate surface area is 147 Å². The van der Waals surface area contributed by atoms with Gasteiger partial charge in [-0.15, -0.1) is 0 Å². The van der Waals surface area contributed by atoms with Crippen LogP contribution in [0.25, 0.3) is 0 Å². The predicted molar refractivity (Wildman–Crippen MR) is 83.2 cm³/mol. The highest BCUT2D eigenvalue weighted by molar-refractivity contribution is 5.98. The van der Waals surface area contributed by atoms with E-state index in [4.69, 9.17) is 4.74 Å². The molecule has 26 heavy (non-hydrogen) atoms. The zero-order chi connectivity index (χ0) is 18.9. The third-order valence-electron chi connectivity index (χ3n) is 4.56. The van der Waals surface area contributed by atoms with E-state index in [1.165, 1.54) is 11.0 Å². The van der Waals surface area contributed by atoms with Crippen molar-refractivity contribution in [2.75, 3.05) is 32.8 Å². The number of rotatable bonds is 2. The highest BCUT2D eigenvalue weighted by atomic mass is 19.4. The molecule has 2 amide bonds. The van der Waals surface area contributed by atoms with Gasteiger partial charge in [0, 0.05) is 25.1 Å². The number of benzene rings is 1. The topological polar surface area (TPSA) is 49.9 Å². The van der Waals surface area contributed by atoms with Crippen molar-refractivity contribution < 1.29 is 31.9 Å². The Bertz CT molecular complexity index is 689. The van der Waals surface area contributed by atoms with Gasteiger partial charge in [0.1, 0.15) is 12.2 Å². The molecule has 5 nitrogen and oxygen atoms in total. The highest BCUT2D eigenvalue weighted by Gasteiger charge is 2.42. The molecule has 0 radical (unpaired) electrons. The van der Waals surface area contributed by atoms with E-state index in [0.717, 1.165) is 23.1 Å². The first-order valence-corrected chi connectivity index (χ1v) is 8.26. The third kappa shape index (κ3) is 3.82. The van der Waals surface area contributed by atoms with Crippen LogP contribution in [-0.2, 0) is 15.7 Å². The van der Waals surface area contributed by atoms with E-state index in [2.05, 4.69) is 0 Å². The standard InChI is InChI=1S/C17H18F4N2O3/c18-13-9-14(16(25)22-4-6-26-7-5-22)23(10-13)15(24)11-2-1-3-12(8-11)17(19,20)21/h1-3,8,13-14H,4-7,9-10H2/t13-,14-/m0/s1. The smallest absolute Gasteiger partial charge is 0.378 e. The number of nitrogens with zero attached hydrogens (tertiary/aromatic N) is 2. The lowest BCUT2D eigenvalue weighted by atomic mass is 10.1. The lowest BCUT2D eigenvalue weighted by Gasteiger charge is -2.32. The fraction of sp³-hybridized carbons (Fsp3) is 0.529. The number of alkyl halides is 4. The molecular weight excluding hydrogens is 356 g/mol. The Hall–Kier alpha value is -2.16. The van der Waals surface area contributed by atoms with Crippen molar-refractivity contribution in [2.24, 2.45) is 0 Å². The summed E-state index contributed by atoms with van der Waals surface area (Å²) in [4.78, 5) is 27.9. The average molecular weight is 374 g/mol. The van der Waals surface area contributed by atoms with Gasteiger partial charge >= 0.3 is 6.18 Å². The van der Waals surface area contributed by atoms with E-state index >= 15 is 0 Å². The zero-order valence-corrected chi connectivity index (χ0v) is 13.8. The molecule has 1 aromatic carbocycles. The summed E-state index contributed by atoms with van der Waals surface area (Å²) in [5.41, 5.74) is -1.18. The van der Waals surface area contributed by atoms with Gasteiger partial charge in [-0.05, 0) is 18.2 Å². The molecule has 0 unspecified atom stereocenters. The Morgan fingerprint density at radius 1 is 1.15 bits per heavy atom. The minimum absolute atomic E-state index is 0.152. The summed E-state index contributed by atoms with van der Waals surface area (Å²) < 4.78 is 57.7. The van der Waals surface area contributed by atoms with Crippen LogP contribution in [0.1, 0.15) is 22.3 Å². The van der Waals surface area contributed by atoms with Crippen molar-refractivity contribution in [1.82, 2.24) is 9.80 Å². The number of halogens is 4. The molecular formula is C17H18F4N2O3. The molecule has 0 N–H and O–H groups in total.